The Bertz CT molecular complexity index is 1440. The minimum absolute atomic E-state index is 0.0752. The Balaban J connectivity index is 1.61. The molecule has 0 aromatic carbocycles. The van der Waals surface area contributed by atoms with Crippen LogP contribution in [0.2, 0.25) is 5.28 Å². The number of aliphatic hydroxyl groups is 1. The van der Waals surface area contributed by atoms with E-state index < -0.39 is 55.5 Å². The van der Waals surface area contributed by atoms with E-state index in [4.69, 9.17) is 44.3 Å². The average molecular weight is 690 g/mol. The minimum Gasteiger partial charge on any atom is -0.443 e. The molecule has 2 aromatic rings. The van der Waals surface area contributed by atoms with Gasteiger partial charge >= 0.3 is 13.7 Å². The van der Waals surface area contributed by atoms with Gasteiger partial charge in [0.25, 0.3) is 0 Å². The molecule has 0 bridgehead atoms. The number of hydrogen-bond donors (Lipinski definition) is 1. The van der Waals surface area contributed by atoms with Gasteiger partial charge in [0.1, 0.15) is 24.4 Å². The highest BCUT2D eigenvalue weighted by Gasteiger charge is 2.62. The van der Waals surface area contributed by atoms with Crippen molar-refractivity contribution in [2.45, 2.75) is 115 Å². The maximum atomic E-state index is 13.7. The van der Waals surface area contributed by atoms with Gasteiger partial charge in [-0.15, -0.1) is 0 Å². The number of rotatable bonds is 12. The summed E-state index contributed by atoms with van der Waals surface area (Å²) in [5, 5.41) is 15.2. The number of carbonyl (C=O) groups is 1. The number of amides is 1. The molecule has 1 aliphatic carbocycles. The number of anilines is 1. The van der Waals surface area contributed by atoms with Crippen LogP contribution in [0.25, 0.3) is 11.0 Å². The summed E-state index contributed by atoms with van der Waals surface area (Å²) in [5.41, 5.74) is -2.06. The molecule has 4 heterocycles. The molecule has 2 aromatic heterocycles. The zero-order chi connectivity index (χ0) is 33.5. The van der Waals surface area contributed by atoms with Crippen molar-refractivity contribution in [3.8, 4) is 0 Å². The van der Waals surface area contributed by atoms with Crippen molar-refractivity contribution in [3.63, 3.8) is 0 Å². The zero-order valence-corrected chi connectivity index (χ0v) is 29.1. The molecule has 5 rings (SSSR count). The lowest BCUT2D eigenvalue weighted by Gasteiger charge is -2.36. The number of aromatic nitrogens is 4. The number of carbonyl (C=O) groups excluding carboxylic acids is 1. The first kappa shape index (κ1) is 35.4. The van der Waals surface area contributed by atoms with Gasteiger partial charge in [0.05, 0.1) is 38.0 Å². The third kappa shape index (κ3) is 6.94. The Hall–Kier alpha value is -1.94. The van der Waals surface area contributed by atoms with E-state index in [-0.39, 0.29) is 49.2 Å². The Morgan fingerprint density at radius 2 is 1.87 bits per heavy atom. The smallest absolute Gasteiger partial charge is 0.416 e. The standard InChI is InChI=1S/C29H45ClN5O10P/c1-8-41-46(38,42-9-2)21(15-36)39-17-29(22-20(16-40-29)43-28(6,7)44-22)35-24-19(14-31-35)23(32-25(30)33-24)34(18-12-10-11-13-18)26(37)45-27(3,4)5/h14,18,20-22,36H,8-13,15-17H2,1-7H3/t20-,21-,22-,29-/m1/s1. The van der Waals surface area contributed by atoms with Gasteiger partial charge in [0.15, 0.2) is 23.1 Å². The van der Waals surface area contributed by atoms with Gasteiger partial charge in [-0.3, -0.25) is 9.46 Å². The highest BCUT2D eigenvalue weighted by Crippen LogP contribution is 2.54. The number of aliphatic hydroxyl groups excluding tert-OH is 1. The van der Waals surface area contributed by atoms with Crippen molar-refractivity contribution < 1.29 is 47.2 Å². The lowest BCUT2D eigenvalue weighted by Crippen LogP contribution is -2.51. The molecule has 4 atom stereocenters. The van der Waals surface area contributed by atoms with E-state index in [1.165, 1.54) is 10.9 Å². The summed E-state index contributed by atoms with van der Waals surface area (Å²) in [6, 6.07) is -0.166. The van der Waals surface area contributed by atoms with Crippen LogP contribution in [0.5, 0.6) is 0 Å². The van der Waals surface area contributed by atoms with Gasteiger partial charge in [0.2, 0.25) is 11.0 Å². The summed E-state index contributed by atoms with van der Waals surface area (Å²) in [4.78, 5) is 24.3. The minimum atomic E-state index is -3.90. The molecule has 0 unspecified atom stereocenters. The molecule has 17 heteroatoms. The van der Waals surface area contributed by atoms with Crippen LogP contribution in [-0.4, -0.2) is 99.5 Å². The number of hydrogen-bond acceptors (Lipinski definition) is 13. The second-order valence-corrected chi connectivity index (χ2v) is 15.5. The molecule has 2 saturated heterocycles. The Morgan fingerprint density at radius 1 is 1.20 bits per heavy atom. The number of nitrogens with zero attached hydrogens (tertiary/aromatic N) is 5. The van der Waals surface area contributed by atoms with Gasteiger partial charge < -0.3 is 37.8 Å². The van der Waals surface area contributed by atoms with Crippen LogP contribution in [0.3, 0.4) is 0 Å². The lowest BCUT2D eigenvalue weighted by molar-refractivity contribution is -0.234. The fourth-order valence-electron chi connectivity index (χ4n) is 6.25. The molecule has 1 N–H and O–H groups in total. The SMILES string of the molecule is CCOP(=O)(OCC)[C@H](CO)OC[C@@]1(n2ncc3c(N(C(=O)OC(C)(C)C)C4CCCC4)nc(Cl)nc32)OC[C@H]2OC(C)(C)O[C@H]21. The predicted molar refractivity (Wildman–Crippen MR) is 167 cm³/mol. The summed E-state index contributed by atoms with van der Waals surface area (Å²) >= 11 is 6.56. The van der Waals surface area contributed by atoms with Gasteiger partial charge in [-0.05, 0) is 72.9 Å². The zero-order valence-electron chi connectivity index (χ0n) is 27.4. The molecule has 0 spiro atoms. The van der Waals surface area contributed by atoms with Crippen molar-refractivity contribution in [2.24, 2.45) is 0 Å². The maximum absolute atomic E-state index is 13.7. The van der Waals surface area contributed by atoms with E-state index in [0.717, 1.165) is 25.7 Å². The van der Waals surface area contributed by atoms with Crippen LogP contribution in [0.4, 0.5) is 10.6 Å². The first-order valence-electron chi connectivity index (χ1n) is 15.7. The number of fused-ring (bicyclic) bond motifs is 2. The number of halogens is 1. The van der Waals surface area contributed by atoms with E-state index in [1.807, 2.05) is 0 Å². The van der Waals surface area contributed by atoms with Crippen LogP contribution < -0.4 is 4.90 Å². The summed E-state index contributed by atoms with van der Waals surface area (Å²) < 4.78 is 56.8. The van der Waals surface area contributed by atoms with E-state index in [2.05, 4.69) is 15.1 Å². The molecule has 46 heavy (non-hydrogen) atoms. The molecule has 2 aliphatic heterocycles. The van der Waals surface area contributed by atoms with Crippen LogP contribution >= 0.6 is 19.2 Å². The highest BCUT2D eigenvalue weighted by molar-refractivity contribution is 7.54. The first-order chi connectivity index (χ1) is 21.7. The topological polar surface area (TPSA) is 166 Å². The summed E-state index contributed by atoms with van der Waals surface area (Å²) in [6.45, 7) is 11.6. The molecule has 0 radical (unpaired) electrons. The van der Waals surface area contributed by atoms with Gasteiger partial charge in [-0.1, -0.05) is 12.8 Å². The molecular formula is C29H45ClN5O10P. The molecule has 15 nitrogen and oxygen atoms in total. The summed E-state index contributed by atoms with van der Waals surface area (Å²) in [7, 11) is -3.90. The molecule has 258 valence electrons. The molecule has 3 aliphatic rings. The van der Waals surface area contributed by atoms with Gasteiger partial charge in [-0.25, -0.2) is 9.48 Å². The second-order valence-electron chi connectivity index (χ2n) is 13.0. The Kier molecular flexibility index (Phi) is 10.4. The fourth-order valence-corrected chi connectivity index (χ4v) is 7.99. The van der Waals surface area contributed by atoms with E-state index in [9.17, 15) is 14.5 Å². The van der Waals surface area contributed by atoms with Crippen molar-refractivity contribution >= 4 is 42.1 Å². The fraction of sp³-hybridized carbons (Fsp3) is 0.793. The van der Waals surface area contributed by atoms with Gasteiger partial charge in [0, 0.05) is 6.04 Å². The predicted octanol–water partition coefficient (Wildman–Crippen LogP) is 4.97. The van der Waals surface area contributed by atoms with E-state index >= 15 is 0 Å². The van der Waals surface area contributed by atoms with Crippen molar-refractivity contribution in [1.29, 1.82) is 0 Å². The molecule has 1 amide bonds. The Labute approximate surface area is 273 Å². The molecule has 3 fully saturated rings. The van der Waals surface area contributed by atoms with Crippen LogP contribution in [0, 0.1) is 0 Å². The van der Waals surface area contributed by atoms with Crippen LogP contribution in [-0.2, 0) is 43.0 Å². The molecular weight excluding hydrogens is 645 g/mol. The van der Waals surface area contributed by atoms with Crippen LogP contribution in [0.1, 0.15) is 74.1 Å². The molecule has 1 saturated carbocycles. The third-order valence-corrected chi connectivity index (χ3v) is 10.4. The highest BCUT2D eigenvalue weighted by atomic mass is 35.5. The lowest BCUT2D eigenvalue weighted by atomic mass is 10.1. The van der Waals surface area contributed by atoms with Crippen molar-refractivity contribution in [2.75, 3.05) is 37.9 Å². The number of ether oxygens (including phenoxy) is 5. The van der Waals surface area contributed by atoms with Gasteiger partial charge in [-0.2, -0.15) is 15.1 Å². The van der Waals surface area contributed by atoms with Crippen LogP contribution in [0.15, 0.2) is 6.20 Å². The van der Waals surface area contributed by atoms with E-state index in [0.29, 0.717) is 5.39 Å². The summed E-state index contributed by atoms with van der Waals surface area (Å²) in [5.74, 6) is -2.06. The first-order valence-corrected chi connectivity index (χ1v) is 17.7. The van der Waals surface area contributed by atoms with Crippen molar-refractivity contribution in [3.05, 3.63) is 11.5 Å². The normalized spacial score (nSPS) is 25.7. The average Bonchev–Trinajstić information content (AvgIpc) is 3.74. The monoisotopic (exact) mass is 689 g/mol. The largest absolute Gasteiger partial charge is 0.443 e. The maximum Gasteiger partial charge on any atom is 0.416 e. The Morgan fingerprint density at radius 3 is 2.48 bits per heavy atom. The van der Waals surface area contributed by atoms with Crippen molar-refractivity contribution in [1.82, 2.24) is 19.7 Å². The van der Waals surface area contributed by atoms with E-state index in [1.54, 1.807) is 53.4 Å². The quantitative estimate of drug-likeness (QED) is 0.235. The third-order valence-electron chi connectivity index (χ3n) is 7.98. The second kappa shape index (κ2) is 13.5. The summed E-state index contributed by atoms with van der Waals surface area (Å²) in [6.07, 6.45) is 3.11.